The third-order valence-corrected chi connectivity index (χ3v) is 4.03. The van der Waals surface area contributed by atoms with E-state index in [1.165, 1.54) is 0 Å². The van der Waals surface area contributed by atoms with E-state index in [0.29, 0.717) is 29.2 Å². The van der Waals surface area contributed by atoms with E-state index in [1.54, 1.807) is 48.5 Å². The molecule has 0 saturated heterocycles. The fraction of sp³-hybridized carbons (Fsp3) is 0.211. The highest BCUT2D eigenvalue weighted by Crippen LogP contribution is 2.15. The molecule has 0 aliphatic rings. The molecule has 142 valence electrons. The summed E-state index contributed by atoms with van der Waals surface area (Å²) in [5.41, 5.74) is 1.68. The minimum absolute atomic E-state index is 0.00388. The Balaban J connectivity index is 1.94. The third kappa shape index (κ3) is 6.97. The van der Waals surface area contributed by atoms with Crippen LogP contribution in [0.2, 0.25) is 5.02 Å². The Labute approximate surface area is 167 Å². The average molecular weight is 406 g/mol. The predicted octanol–water partition coefficient (Wildman–Crippen LogP) is 2.51. The van der Waals surface area contributed by atoms with Gasteiger partial charge in [0.25, 0.3) is 5.91 Å². The topological polar surface area (TPSA) is 90.5 Å². The first-order valence-corrected chi connectivity index (χ1v) is 9.11. The van der Waals surface area contributed by atoms with Crippen LogP contribution in [0.1, 0.15) is 22.3 Å². The molecular weight excluding hydrogens is 386 g/mol. The SMILES string of the molecule is O=C(Cc1ccc(Cl)cc1)NC(=S)Nc1ccccc1C(=O)NCCCO. The van der Waals surface area contributed by atoms with E-state index >= 15 is 0 Å². The Hall–Kier alpha value is -2.48. The number of aliphatic hydroxyl groups is 1. The molecule has 0 spiro atoms. The molecule has 0 radical (unpaired) electrons. The molecule has 0 atom stereocenters. The maximum absolute atomic E-state index is 12.2. The van der Waals surface area contributed by atoms with Crippen molar-refractivity contribution in [2.24, 2.45) is 0 Å². The van der Waals surface area contributed by atoms with Gasteiger partial charge in [-0.3, -0.25) is 9.59 Å². The first-order chi connectivity index (χ1) is 13.0. The second-order valence-electron chi connectivity index (χ2n) is 5.68. The fourth-order valence-corrected chi connectivity index (χ4v) is 2.63. The molecular formula is C19H20ClN3O3S. The van der Waals surface area contributed by atoms with Gasteiger partial charge in [-0.2, -0.15) is 0 Å². The van der Waals surface area contributed by atoms with Crippen LogP contribution in [-0.4, -0.2) is 35.2 Å². The van der Waals surface area contributed by atoms with Gasteiger partial charge >= 0.3 is 0 Å². The van der Waals surface area contributed by atoms with Crippen molar-refractivity contribution >= 4 is 46.4 Å². The van der Waals surface area contributed by atoms with Gasteiger partial charge < -0.3 is 21.1 Å². The van der Waals surface area contributed by atoms with E-state index in [0.717, 1.165) is 5.56 Å². The summed E-state index contributed by atoms with van der Waals surface area (Å²) in [7, 11) is 0. The molecule has 0 aliphatic carbocycles. The van der Waals surface area contributed by atoms with Gasteiger partial charge in [0.15, 0.2) is 5.11 Å². The second kappa shape index (κ2) is 10.6. The maximum Gasteiger partial charge on any atom is 0.253 e. The van der Waals surface area contributed by atoms with Crippen LogP contribution in [0.25, 0.3) is 0 Å². The van der Waals surface area contributed by atoms with Crippen molar-refractivity contribution in [3.63, 3.8) is 0 Å². The summed E-state index contributed by atoms with van der Waals surface area (Å²) in [4.78, 5) is 24.4. The molecule has 0 aromatic heterocycles. The van der Waals surface area contributed by atoms with Crippen molar-refractivity contribution in [1.82, 2.24) is 10.6 Å². The molecule has 2 aromatic carbocycles. The number of rotatable bonds is 7. The van der Waals surface area contributed by atoms with E-state index in [9.17, 15) is 9.59 Å². The smallest absolute Gasteiger partial charge is 0.253 e. The van der Waals surface area contributed by atoms with Crippen molar-refractivity contribution in [3.8, 4) is 0 Å². The van der Waals surface area contributed by atoms with Crippen LogP contribution < -0.4 is 16.0 Å². The van der Waals surface area contributed by atoms with E-state index in [4.69, 9.17) is 28.9 Å². The molecule has 0 fully saturated rings. The van der Waals surface area contributed by atoms with Gasteiger partial charge in [-0.05, 0) is 48.5 Å². The van der Waals surface area contributed by atoms with Gasteiger partial charge in [0.1, 0.15) is 0 Å². The summed E-state index contributed by atoms with van der Waals surface area (Å²) in [6.45, 7) is 0.371. The molecule has 0 bridgehead atoms. The number of nitrogens with one attached hydrogen (secondary N) is 3. The van der Waals surface area contributed by atoms with Gasteiger partial charge in [-0.25, -0.2) is 0 Å². The number of hydrogen-bond donors (Lipinski definition) is 4. The quantitative estimate of drug-likeness (QED) is 0.420. The van der Waals surface area contributed by atoms with Crippen molar-refractivity contribution in [2.75, 3.05) is 18.5 Å². The zero-order valence-corrected chi connectivity index (χ0v) is 16.1. The molecule has 0 heterocycles. The summed E-state index contributed by atoms with van der Waals surface area (Å²) in [6.07, 6.45) is 0.628. The van der Waals surface area contributed by atoms with Gasteiger partial charge in [-0.15, -0.1) is 0 Å². The highest BCUT2D eigenvalue weighted by Gasteiger charge is 2.12. The molecule has 8 heteroatoms. The monoisotopic (exact) mass is 405 g/mol. The average Bonchev–Trinajstić information content (AvgIpc) is 2.64. The number of halogens is 1. The van der Waals surface area contributed by atoms with Crippen LogP contribution in [0.15, 0.2) is 48.5 Å². The van der Waals surface area contributed by atoms with Gasteiger partial charge in [0.2, 0.25) is 5.91 Å². The minimum Gasteiger partial charge on any atom is -0.396 e. The molecule has 2 aromatic rings. The standard InChI is InChI=1S/C19H20ClN3O3S/c20-14-8-6-13(7-9-14)12-17(25)23-19(27)22-16-5-2-1-4-15(16)18(26)21-10-3-11-24/h1-2,4-9,24H,3,10-12H2,(H,21,26)(H2,22,23,25,27). The summed E-state index contributed by atoms with van der Waals surface area (Å²) in [5.74, 6) is -0.568. The van der Waals surface area contributed by atoms with Crippen molar-refractivity contribution in [2.45, 2.75) is 12.8 Å². The van der Waals surface area contributed by atoms with E-state index < -0.39 is 0 Å². The predicted molar refractivity (Wildman–Crippen MR) is 110 cm³/mol. The molecule has 6 nitrogen and oxygen atoms in total. The van der Waals surface area contributed by atoms with E-state index in [-0.39, 0.29) is 30.0 Å². The van der Waals surface area contributed by atoms with Crippen LogP contribution in [0.5, 0.6) is 0 Å². The van der Waals surface area contributed by atoms with Gasteiger partial charge in [0, 0.05) is 18.2 Å². The van der Waals surface area contributed by atoms with E-state index in [1.807, 2.05) is 0 Å². The molecule has 2 rings (SSSR count). The zero-order valence-electron chi connectivity index (χ0n) is 14.5. The number of aliphatic hydroxyl groups excluding tert-OH is 1. The lowest BCUT2D eigenvalue weighted by Crippen LogP contribution is -2.36. The number of thiocarbonyl (C=S) groups is 1. The lowest BCUT2D eigenvalue weighted by molar-refractivity contribution is -0.119. The second-order valence-corrected chi connectivity index (χ2v) is 6.53. The van der Waals surface area contributed by atoms with E-state index in [2.05, 4.69) is 16.0 Å². The van der Waals surface area contributed by atoms with Gasteiger partial charge in [0.05, 0.1) is 17.7 Å². The number of hydrogen-bond acceptors (Lipinski definition) is 4. The van der Waals surface area contributed by atoms with Crippen LogP contribution in [0.4, 0.5) is 5.69 Å². The highest BCUT2D eigenvalue weighted by atomic mass is 35.5. The number of carbonyl (C=O) groups excluding carboxylic acids is 2. The minimum atomic E-state index is -0.290. The van der Waals surface area contributed by atoms with Crippen LogP contribution in [-0.2, 0) is 11.2 Å². The molecule has 2 amide bonds. The number of para-hydroxylation sites is 1. The first-order valence-electron chi connectivity index (χ1n) is 8.33. The van der Waals surface area contributed by atoms with Crippen LogP contribution >= 0.6 is 23.8 Å². The largest absolute Gasteiger partial charge is 0.396 e. The summed E-state index contributed by atoms with van der Waals surface area (Å²) < 4.78 is 0. The van der Waals surface area contributed by atoms with Crippen LogP contribution in [0, 0.1) is 0 Å². The van der Waals surface area contributed by atoms with Crippen molar-refractivity contribution < 1.29 is 14.7 Å². The van der Waals surface area contributed by atoms with Crippen molar-refractivity contribution in [3.05, 3.63) is 64.7 Å². The van der Waals surface area contributed by atoms with Gasteiger partial charge in [-0.1, -0.05) is 35.9 Å². The number of amides is 2. The normalized spacial score (nSPS) is 10.1. The Morgan fingerprint density at radius 3 is 2.48 bits per heavy atom. The molecule has 27 heavy (non-hydrogen) atoms. The molecule has 4 N–H and O–H groups in total. The lowest BCUT2D eigenvalue weighted by atomic mass is 10.1. The van der Waals surface area contributed by atoms with Crippen LogP contribution in [0.3, 0.4) is 0 Å². The Morgan fingerprint density at radius 2 is 1.78 bits per heavy atom. The Bertz CT molecular complexity index is 812. The number of anilines is 1. The molecule has 0 aliphatic heterocycles. The Kier molecular flexibility index (Phi) is 8.19. The lowest BCUT2D eigenvalue weighted by Gasteiger charge is -2.13. The summed E-state index contributed by atoms with van der Waals surface area (Å²) in [5, 5.41) is 17.7. The molecule has 0 unspecified atom stereocenters. The molecule has 0 saturated carbocycles. The number of benzene rings is 2. The maximum atomic E-state index is 12.2. The zero-order chi connectivity index (χ0) is 19.6. The number of carbonyl (C=O) groups is 2. The summed E-state index contributed by atoms with van der Waals surface area (Å²) >= 11 is 11.0. The van der Waals surface area contributed by atoms with Crippen molar-refractivity contribution in [1.29, 1.82) is 0 Å². The summed E-state index contributed by atoms with van der Waals surface area (Å²) in [6, 6.07) is 13.8. The first kappa shape index (κ1) is 20.8. The Morgan fingerprint density at radius 1 is 1.07 bits per heavy atom. The fourth-order valence-electron chi connectivity index (χ4n) is 2.28. The highest BCUT2D eigenvalue weighted by molar-refractivity contribution is 7.80. The third-order valence-electron chi connectivity index (χ3n) is 3.57.